The number of carboxylic acid groups (broad SMARTS) is 1. The molecule has 0 aromatic heterocycles. The van der Waals surface area contributed by atoms with Gasteiger partial charge in [0.1, 0.15) is 4.75 Å². The zero-order chi connectivity index (χ0) is 16.6. The molecule has 5 unspecified atom stereocenters. The average molecular weight is 345 g/mol. The van der Waals surface area contributed by atoms with Crippen LogP contribution in [0.15, 0.2) is 35.2 Å². The third-order valence-corrected chi connectivity index (χ3v) is 8.53. The third-order valence-electron chi connectivity index (χ3n) is 6.97. The van der Waals surface area contributed by atoms with Crippen LogP contribution in [-0.4, -0.2) is 15.8 Å². The Morgan fingerprint density at radius 3 is 2.50 bits per heavy atom. The van der Waals surface area contributed by atoms with Crippen LogP contribution in [-0.2, 0) is 4.79 Å². The van der Waals surface area contributed by atoms with Crippen molar-refractivity contribution in [3.8, 4) is 0 Å². The number of carbonyl (C=O) groups is 1. The molecular weight excluding hydrogens is 316 g/mol. The number of benzene rings is 1. The van der Waals surface area contributed by atoms with E-state index in [0.29, 0.717) is 11.8 Å². The highest BCUT2D eigenvalue weighted by Gasteiger charge is 2.56. The third kappa shape index (κ3) is 2.79. The maximum Gasteiger partial charge on any atom is 0.320 e. The van der Waals surface area contributed by atoms with Crippen molar-refractivity contribution in [2.45, 2.75) is 67.4 Å². The minimum absolute atomic E-state index is 0.355. The van der Waals surface area contributed by atoms with Crippen LogP contribution in [0.25, 0.3) is 0 Å². The number of fused-ring (bicyclic) bond motifs is 3. The van der Waals surface area contributed by atoms with Gasteiger partial charge in [-0.05, 0) is 67.9 Å². The molecule has 2 nitrogen and oxygen atoms in total. The van der Waals surface area contributed by atoms with E-state index >= 15 is 0 Å². The minimum Gasteiger partial charge on any atom is -0.480 e. The van der Waals surface area contributed by atoms with Crippen molar-refractivity contribution in [1.29, 1.82) is 0 Å². The fourth-order valence-electron chi connectivity index (χ4n) is 5.98. The Morgan fingerprint density at radius 1 is 0.958 bits per heavy atom. The van der Waals surface area contributed by atoms with E-state index in [2.05, 4.69) is 12.1 Å². The summed E-state index contributed by atoms with van der Waals surface area (Å²) in [5, 5.41) is 10.3. The van der Waals surface area contributed by atoms with Gasteiger partial charge in [0.25, 0.3) is 0 Å². The van der Waals surface area contributed by atoms with Crippen molar-refractivity contribution in [3.05, 3.63) is 30.3 Å². The Hall–Kier alpha value is -0.960. The van der Waals surface area contributed by atoms with E-state index in [0.717, 1.165) is 36.0 Å². The first-order chi connectivity index (χ1) is 11.7. The Balaban J connectivity index is 1.65. The number of hydrogen-bond donors (Lipinski definition) is 1. The first-order valence-corrected chi connectivity index (χ1v) is 10.5. The maximum absolute atomic E-state index is 12.5. The second-order valence-electron chi connectivity index (χ2n) is 8.06. The monoisotopic (exact) mass is 344 g/mol. The van der Waals surface area contributed by atoms with Crippen molar-refractivity contribution in [1.82, 2.24) is 0 Å². The van der Waals surface area contributed by atoms with Crippen LogP contribution in [0.2, 0.25) is 0 Å². The largest absolute Gasteiger partial charge is 0.480 e. The quantitative estimate of drug-likeness (QED) is 0.773. The Labute approximate surface area is 149 Å². The van der Waals surface area contributed by atoms with Crippen LogP contribution in [0.3, 0.4) is 0 Å². The fraction of sp³-hybridized carbons (Fsp3) is 0.667. The second kappa shape index (κ2) is 6.74. The first kappa shape index (κ1) is 16.5. The number of aliphatic carboxylic acids is 1. The number of carboxylic acids is 1. The molecule has 130 valence electrons. The molecule has 3 saturated carbocycles. The maximum atomic E-state index is 12.5. The summed E-state index contributed by atoms with van der Waals surface area (Å²) in [6.45, 7) is 0. The predicted octanol–water partition coefficient (Wildman–Crippen LogP) is 5.62. The lowest BCUT2D eigenvalue weighted by atomic mass is 9.55. The summed E-state index contributed by atoms with van der Waals surface area (Å²) in [5.41, 5.74) is 0. The van der Waals surface area contributed by atoms with Crippen LogP contribution >= 0.6 is 11.8 Å². The molecule has 4 rings (SSSR count). The van der Waals surface area contributed by atoms with E-state index in [4.69, 9.17) is 0 Å². The summed E-state index contributed by atoms with van der Waals surface area (Å²) in [6.07, 6.45) is 11.0. The topological polar surface area (TPSA) is 37.3 Å². The van der Waals surface area contributed by atoms with Gasteiger partial charge in [0, 0.05) is 4.90 Å². The van der Waals surface area contributed by atoms with Crippen LogP contribution in [0.5, 0.6) is 0 Å². The zero-order valence-electron chi connectivity index (χ0n) is 14.3. The Bertz CT molecular complexity index is 587. The van der Waals surface area contributed by atoms with E-state index < -0.39 is 10.7 Å². The summed E-state index contributed by atoms with van der Waals surface area (Å²) >= 11 is 1.65. The van der Waals surface area contributed by atoms with Gasteiger partial charge in [-0.2, -0.15) is 0 Å². The highest BCUT2D eigenvalue weighted by atomic mass is 32.2. The highest BCUT2D eigenvalue weighted by molar-refractivity contribution is 8.01. The lowest BCUT2D eigenvalue weighted by Gasteiger charge is -2.54. The lowest BCUT2D eigenvalue weighted by Crippen LogP contribution is -2.53. The molecule has 3 heteroatoms. The molecule has 0 saturated heterocycles. The van der Waals surface area contributed by atoms with E-state index in [-0.39, 0.29) is 0 Å². The molecule has 3 aliphatic rings. The van der Waals surface area contributed by atoms with E-state index in [1.54, 1.807) is 11.8 Å². The summed E-state index contributed by atoms with van der Waals surface area (Å²) in [6, 6.07) is 10.2. The smallest absolute Gasteiger partial charge is 0.320 e. The van der Waals surface area contributed by atoms with Gasteiger partial charge in [-0.15, -0.1) is 11.8 Å². The van der Waals surface area contributed by atoms with Crippen molar-refractivity contribution in [2.24, 2.45) is 23.7 Å². The second-order valence-corrected chi connectivity index (χ2v) is 9.46. The van der Waals surface area contributed by atoms with Crippen molar-refractivity contribution in [2.75, 3.05) is 0 Å². The molecule has 24 heavy (non-hydrogen) atoms. The lowest BCUT2D eigenvalue weighted by molar-refractivity contribution is -0.145. The molecule has 1 aromatic rings. The molecule has 1 N–H and O–H groups in total. The molecule has 0 radical (unpaired) electrons. The molecule has 5 atom stereocenters. The Morgan fingerprint density at radius 2 is 1.71 bits per heavy atom. The van der Waals surface area contributed by atoms with Crippen LogP contribution < -0.4 is 0 Å². The van der Waals surface area contributed by atoms with Crippen LogP contribution in [0.1, 0.15) is 57.8 Å². The molecular formula is C21H28O2S. The van der Waals surface area contributed by atoms with Gasteiger partial charge in [-0.25, -0.2) is 0 Å². The average Bonchev–Trinajstić information content (AvgIpc) is 2.62. The molecule has 0 bridgehead atoms. The SMILES string of the molecule is O=C(O)C1(Sc2ccccc2)CCCC2C3CCCCC3CCC21. The van der Waals surface area contributed by atoms with Crippen LogP contribution in [0.4, 0.5) is 0 Å². The summed E-state index contributed by atoms with van der Waals surface area (Å²) < 4.78 is -0.604. The number of thioether (sulfide) groups is 1. The molecule has 1 aromatic carbocycles. The van der Waals surface area contributed by atoms with Gasteiger partial charge in [0.2, 0.25) is 0 Å². The van der Waals surface area contributed by atoms with E-state index in [1.807, 2.05) is 18.2 Å². The highest BCUT2D eigenvalue weighted by Crippen LogP contribution is 2.59. The zero-order valence-corrected chi connectivity index (χ0v) is 15.1. The molecule has 0 aliphatic heterocycles. The van der Waals surface area contributed by atoms with Gasteiger partial charge >= 0.3 is 5.97 Å². The van der Waals surface area contributed by atoms with Crippen molar-refractivity contribution >= 4 is 17.7 Å². The number of rotatable bonds is 3. The van der Waals surface area contributed by atoms with Gasteiger partial charge in [0.15, 0.2) is 0 Å². The first-order valence-electron chi connectivity index (χ1n) is 9.68. The molecule has 0 heterocycles. The summed E-state index contributed by atoms with van der Waals surface area (Å²) in [4.78, 5) is 13.6. The number of hydrogen-bond acceptors (Lipinski definition) is 2. The van der Waals surface area contributed by atoms with Gasteiger partial charge in [-0.1, -0.05) is 43.9 Å². The van der Waals surface area contributed by atoms with Gasteiger partial charge in [-0.3, -0.25) is 4.79 Å². The van der Waals surface area contributed by atoms with E-state index in [9.17, 15) is 9.90 Å². The summed E-state index contributed by atoms with van der Waals surface area (Å²) in [5.74, 6) is 2.11. The fourth-order valence-corrected chi connectivity index (χ4v) is 7.47. The standard InChI is InChI=1S/C21H28O2S/c22-20(23)21(24-16-8-2-1-3-9-16)14-6-11-18-17-10-5-4-7-15(17)12-13-19(18)21/h1-3,8-9,15,17-19H,4-7,10-14H2,(H,22,23). The van der Waals surface area contributed by atoms with E-state index in [1.165, 1.54) is 38.5 Å². The summed E-state index contributed by atoms with van der Waals surface area (Å²) in [7, 11) is 0. The van der Waals surface area contributed by atoms with Gasteiger partial charge < -0.3 is 5.11 Å². The normalized spacial score (nSPS) is 38.8. The minimum atomic E-state index is -0.604. The molecule has 0 amide bonds. The van der Waals surface area contributed by atoms with Crippen LogP contribution in [0, 0.1) is 23.7 Å². The molecule has 3 fully saturated rings. The van der Waals surface area contributed by atoms with Crippen molar-refractivity contribution in [3.63, 3.8) is 0 Å². The molecule has 3 aliphatic carbocycles. The predicted molar refractivity (Wildman–Crippen MR) is 98.2 cm³/mol. The Kier molecular flexibility index (Phi) is 4.64. The van der Waals surface area contributed by atoms with Crippen molar-refractivity contribution < 1.29 is 9.90 Å². The molecule has 0 spiro atoms. The van der Waals surface area contributed by atoms with Gasteiger partial charge in [0.05, 0.1) is 0 Å².